The molecule has 17 heavy (non-hydrogen) atoms. The molecule has 0 fully saturated rings. The summed E-state index contributed by atoms with van der Waals surface area (Å²) in [5.74, 6) is -0.276. The average Bonchev–Trinajstić information content (AvgIpc) is 2.68. The van der Waals surface area contributed by atoms with Gasteiger partial charge in [0.25, 0.3) is 0 Å². The maximum absolute atomic E-state index is 13.2. The van der Waals surface area contributed by atoms with Gasteiger partial charge in [0.05, 0.1) is 22.9 Å². The maximum atomic E-state index is 13.2. The molecule has 0 bridgehead atoms. The van der Waals surface area contributed by atoms with Gasteiger partial charge in [-0.25, -0.2) is 9.37 Å². The summed E-state index contributed by atoms with van der Waals surface area (Å²) in [5.41, 5.74) is 7.51. The molecule has 0 spiro atoms. The van der Waals surface area contributed by atoms with E-state index in [9.17, 15) is 4.39 Å². The number of rotatable bonds is 3. The molecule has 1 heterocycles. The molecule has 0 radical (unpaired) electrons. The third kappa shape index (κ3) is 2.74. The van der Waals surface area contributed by atoms with E-state index in [4.69, 9.17) is 5.73 Å². The fourth-order valence-corrected chi connectivity index (χ4v) is 2.25. The molecule has 3 nitrogen and oxygen atoms in total. The predicted molar refractivity (Wildman–Crippen MR) is 69.7 cm³/mol. The van der Waals surface area contributed by atoms with Crippen molar-refractivity contribution < 1.29 is 4.39 Å². The first-order valence-corrected chi connectivity index (χ1v) is 6.08. The molecular formula is C12H14FN3S. The zero-order chi connectivity index (χ0) is 12.4. The van der Waals surface area contributed by atoms with E-state index in [-0.39, 0.29) is 5.82 Å². The molecule has 0 saturated heterocycles. The number of hydrogen-bond donors (Lipinski definition) is 2. The highest BCUT2D eigenvalue weighted by atomic mass is 32.1. The van der Waals surface area contributed by atoms with Gasteiger partial charge >= 0.3 is 0 Å². The molecule has 0 aliphatic rings. The number of nitrogen functional groups attached to an aromatic ring is 1. The second kappa shape index (κ2) is 4.71. The van der Waals surface area contributed by atoms with E-state index >= 15 is 0 Å². The third-order valence-electron chi connectivity index (χ3n) is 2.45. The number of aryl methyl sites for hydroxylation is 2. The fraction of sp³-hybridized carbons (Fsp3) is 0.250. The Morgan fingerprint density at radius 1 is 1.41 bits per heavy atom. The van der Waals surface area contributed by atoms with Gasteiger partial charge in [0.1, 0.15) is 5.82 Å². The van der Waals surface area contributed by atoms with Crippen molar-refractivity contribution in [2.75, 3.05) is 11.1 Å². The van der Waals surface area contributed by atoms with Crippen molar-refractivity contribution >= 4 is 22.7 Å². The molecule has 2 aromatic rings. The number of nitrogens with zero attached hydrogens (tertiary/aromatic N) is 1. The Hall–Kier alpha value is -1.62. The Bertz CT molecular complexity index is 537. The van der Waals surface area contributed by atoms with Gasteiger partial charge in [-0.15, -0.1) is 11.3 Å². The smallest absolute Gasteiger partial charge is 0.128 e. The number of thiazole rings is 1. The predicted octanol–water partition coefficient (Wildman–Crippen LogP) is 3.09. The molecule has 0 unspecified atom stereocenters. The van der Waals surface area contributed by atoms with Crippen LogP contribution in [0, 0.1) is 19.7 Å². The standard InChI is InChI=1S/C12H14FN3S/c1-7-3-12(11(14)4-10(7)13)16-6-9-5-15-8(2)17-9/h3-5,16H,6,14H2,1-2H3. The summed E-state index contributed by atoms with van der Waals surface area (Å²) in [4.78, 5) is 5.30. The lowest BCUT2D eigenvalue weighted by Gasteiger charge is -2.09. The monoisotopic (exact) mass is 251 g/mol. The van der Waals surface area contributed by atoms with Crippen molar-refractivity contribution in [2.24, 2.45) is 0 Å². The van der Waals surface area contributed by atoms with Crippen LogP contribution in [0.1, 0.15) is 15.4 Å². The first-order chi connectivity index (χ1) is 8.06. The van der Waals surface area contributed by atoms with Crippen molar-refractivity contribution in [1.29, 1.82) is 0 Å². The molecule has 0 aliphatic heterocycles. The topological polar surface area (TPSA) is 50.9 Å². The second-order valence-electron chi connectivity index (χ2n) is 3.89. The molecular weight excluding hydrogens is 237 g/mol. The van der Waals surface area contributed by atoms with Crippen molar-refractivity contribution in [2.45, 2.75) is 20.4 Å². The first kappa shape index (κ1) is 11.9. The van der Waals surface area contributed by atoms with Crippen LogP contribution < -0.4 is 11.1 Å². The highest BCUT2D eigenvalue weighted by Crippen LogP contribution is 2.23. The molecule has 0 saturated carbocycles. The normalized spacial score (nSPS) is 10.5. The highest BCUT2D eigenvalue weighted by Gasteiger charge is 2.05. The van der Waals surface area contributed by atoms with Gasteiger partial charge in [-0.1, -0.05) is 0 Å². The van der Waals surface area contributed by atoms with E-state index in [1.165, 1.54) is 6.07 Å². The van der Waals surface area contributed by atoms with Crippen LogP contribution in [0.15, 0.2) is 18.3 Å². The molecule has 1 aromatic carbocycles. The van der Waals surface area contributed by atoms with Crippen LogP contribution in [0.4, 0.5) is 15.8 Å². The van der Waals surface area contributed by atoms with Crippen molar-refractivity contribution in [1.82, 2.24) is 4.98 Å². The van der Waals surface area contributed by atoms with Crippen molar-refractivity contribution in [3.63, 3.8) is 0 Å². The molecule has 90 valence electrons. The highest BCUT2D eigenvalue weighted by molar-refractivity contribution is 7.11. The molecule has 0 amide bonds. The summed E-state index contributed by atoms with van der Waals surface area (Å²) >= 11 is 1.63. The summed E-state index contributed by atoms with van der Waals surface area (Å²) in [7, 11) is 0. The zero-order valence-corrected chi connectivity index (χ0v) is 10.6. The molecule has 5 heteroatoms. The van der Waals surface area contributed by atoms with Crippen LogP contribution in [0.3, 0.4) is 0 Å². The Labute approximate surface area is 103 Å². The van der Waals surface area contributed by atoms with Gasteiger partial charge in [0, 0.05) is 11.1 Å². The van der Waals surface area contributed by atoms with Gasteiger partial charge in [-0.3, -0.25) is 0 Å². The Balaban J connectivity index is 2.11. The number of aromatic nitrogens is 1. The summed E-state index contributed by atoms with van der Waals surface area (Å²) in [6.45, 7) is 4.34. The minimum Gasteiger partial charge on any atom is -0.397 e. The lowest BCUT2D eigenvalue weighted by molar-refractivity contribution is 0.619. The van der Waals surface area contributed by atoms with E-state index in [1.54, 1.807) is 24.3 Å². The minimum atomic E-state index is -0.276. The number of nitrogens with one attached hydrogen (secondary N) is 1. The largest absolute Gasteiger partial charge is 0.397 e. The van der Waals surface area contributed by atoms with Gasteiger partial charge in [0.2, 0.25) is 0 Å². The summed E-state index contributed by atoms with van der Waals surface area (Å²) in [6.07, 6.45) is 1.83. The number of halogens is 1. The Morgan fingerprint density at radius 2 is 2.18 bits per heavy atom. The maximum Gasteiger partial charge on any atom is 0.128 e. The van der Waals surface area contributed by atoms with Crippen molar-refractivity contribution in [3.05, 3.63) is 39.6 Å². The van der Waals surface area contributed by atoms with Crippen LogP contribution in [-0.2, 0) is 6.54 Å². The van der Waals surface area contributed by atoms with Crippen LogP contribution >= 0.6 is 11.3 Å². The zero-order valence-electron chi connectivity index (χ0n) is 9.75. The van der Waals surface area contributed by atoms with E-state index in [1.807, 2.05) is 13.1 Å². The number of nitrogens with two attached hydrogens (primary N) is 1. The van der Waals surface area contributed by atoms with Crippen LogP contribution in [0.25, 0.3) is 0 Å². The van der Waals surface area contributed by atoms with Crippen molar-refractivity contribution in [3.8, 4) is 0 Å². The van der Waals surface area contributed by atoms with Crippen LogP contribution in [0.5, 0.6) is 0 Å². The number of anilines is 2. The number of hydrogen-bond acceptors (Lipinski definition) is 4. The Morgan fingerprint density at radius 3 is 2.82 bits per heavy atom. The molecule has 0 aliphatic carbocycles. The summed E-state index contributed by atoms with van der Waals surface area (Å²) in [6, 6.07) is 3.06. The number of benzene rings is 1. The third-order valence-corrected chi connectivity index (χ3v) is 3.37. The quantitative estimate of drug-likeness (QED) is 0.824. The van der Waals surface area contributed by atoms with Crippen LogP contribution in [0.2, 0.25) is 0 Å². The second-order valence-corrected chi connectivity index (χ2v) is 5.21. The van der Waals surface area contributed by atoms with Crippen LogP contribution in [-0.4, -0.2) is 4.98 Å². The van der Waals surface area contributed by atoms with E-state index in [0.29, 0.717) is 17.8 Å². The average molecular weight is 251 g/mol. The van der Waals surface area contributed by atoms with Gasteiger partial charge < -0.3 is 11.1 Å². The molecule has 0 atom stereocenters. The van der Waals surface area contributed by atoms with E-state index < -0.39 is 0 Å². The summed E-state index contributed by atoms with van der Waals surface area (Å²) < 4.78 is 13.2. The summed E-state index contributed by atoms with van der Waals surface area (Å²) in [5, 5.41) is 4.22. The lowest BCUT2D eigenvalue weighted by Crippen LogP contribution is -2.02. The van der Waals surface area contributed by atoms with Gasteiger partial charge in [-0.2, -0.15) is 0 Å². The Kier molecular flexibility index (Phi) is 3.28. The van der Waals surface area contributed by atoms with E-state index in [2.05, 4.69) is 10.3 Å². The molecule has 2 rings (SSSR count). The SMILES string of the molecule is Cc1ncc(CNc2cc(C)c(F)cc2N)s1. The first-order valence-electron chi connectivity index (χ1n) is 5.27. The molecule has 1 aromatic heterocycles. The lowest BCUT2D eigenvalue weighted by atomic mass is 10.2. The van der Waals surface area contributed by atoms with E-state index in [0.717, 1.165) is 15.6 Å². The minimum absolute atomic E-state index is 0.276. The van der Waals surface area contributed by atoms with Gasteiger partial charge in [-0.05, 0) is 31.5 Å². The molecule has 3 N–H and O–H groups in total. The van der Waals surface area contributed by atoms with Gasteiger partial charge in [0.15, 0.2) is 0 Å². The fourth-order valence-electron chi connectivity index (χ4n) is 1.52.